The summed E-state index contributed by atoms with van der Waals surface area (Å²) in [5.74, 6) is 0.773. The number of rotatable bonds is 10. The molecule has 1 aliphatic rings. The minimum Gasteiger partial charge on any atom is -0.449 e. The van der Waals surface area contributed by atoms with E-state index in [1.807, 2.05) is 36.4 Å². The largest absolute Gasteiger partial charge is 0.511 e. The maximum atomic E-state index is 10.6. The Morgan fingerprint density at radius 3 is 2.19 bits per heavy atom. The van der Waals surface area contributed by atoms with Gasteiger partial charge >= 0.3 is 6.16 Å². The van der Waals surface area contributed by atoms with Crippen molar-refractivity contribution >= 4 is 6.16 Å². The van der Waals surface area contributed by atoms with Gasteiger partial charge in [0.15, 0.2) is 6.29 Å². The van der Waals surface area contributed by atoms with Gasteiger partial charge in [0.1, 0.15) is 5.75 Å². The van der Waals surface area contributed by atoms with Crippen LogP contribution in [0.15, 0.2) is 48.5 Å². The molecule has 0 saturated carbocycles. The van der Waals surface area contributed by atoms with Crippen molar-refractivity contribution in [2.45, 2.75) is 71.2 Å². The van der Waals surface area contributed by atoms with Crippen LogP contribution >= 0.6 is 0 Å². The maximum Gasteiger partial charge on any atom is 0.511 e. The molecule has 1 saturated heterocycles. The monoisotopic (exact) mass is 426 g/mol. The van der Waals surface area contributed by atoms with E-state index in [-0.39, 0.29) is 12.4 Å². The van der Waals surface area contributed by atoms with E-state index in [0.29, 0.717) is 11.7 Å². The molecule has 5 heteroatoms. The van der Waals surface area contributed by atoms with Crippen molar-refractivity contribution in [3.8, 4) is 16.9 Å². The maximum absolute atomic E-state index is 10.6. The lowest BCUT2D eigenvalue weighted by atomic mass is 9.95. The van der Waals surface area contributed by atoms with E-state index in [4.69, 9.17) is 14.6 Å². The van der Waals surface area contributed by atoms with Crippen LogP contribution in [-0.4, -0.2) is 24.0 Å². The molecule has 168 valence electrons. The second-order valence-electron chi connectivity index (χ2n) is 8.34. The standard InChI is InChI=1S/C26H34O5/c1-3-4-5-6-7-8-9-23-18-29-25(30-19(23)2)22-12-10-20(11-13-22)21-14-16-24(17-15-21)31-26(27)28/h10-17,19,23,25H,3-9,18H2,1-2H3,(H,27,28)/t19-,23+,25+/m1/s1. The Bertz CT molecular complexity index is 800. The third-order valence-electron chi connectivity index (χ3n) is 5.97. The molecule has 0 aliphatic carbocycles. The minimum atomic E-state index is -1.31. The first-order valence-electron chi connectivity index (χ1n) is 11.4. The van der Waals surface area contributed by atoms with Gasteiger partial charge in [-0.3, -0.25) is 0 Å². The van der Waals surface area contributed by atoms with Crippen LogP contribution in [0.3, 0.4) is 0 Å². The molecule has 0 spiro atoms. The van der Waals surface area contributed by atoms with Crippen LogP contribution in [-0.2, 0) is 9.47 Å². The molecule has 0 aromatic heterocycles. The Labute approximate surface area is 185 Å². The number of hydrogen-bond acceptors (Lipinski definition) is 4. The molecule has 2 aromatic carbocycles. The fourth-order valence-electron chi connectivity index (χ4n) is 4.02. The van der Waals surface area contributed by atoms with Crippen molar-refractivity contribution < 1.29 is 24.1 Å². The predicted molar refractivity (Wildman–Crippen MR) is 121 cm³/mol. The van der Waals surface area contributed by atoms with Gasteiger partial charge in [0.2, 0.25) is 0 Å². The Hall–Kier alpha value is -2.37. The third kappa shape index (κ3) is 7.08. The molecule has 0 bridgehead atoms. The molecule has 1 N–H and O–H groups in total. The molecule has 31 heavy (non-hydrogen) atoms. The molecule has 1 aliphatic heterocycles. The van der Waals surface area contributed by atoms with Gasteiger partial charge in [-0.25, -0.2) is 4.79 Å². The van der Waals surface area contributed by atoms with E-state index in [0.717, 1.165) is 23.3 Å². The lowest BCUT2D eigenvalue weighted by molar-refractivity contribution is -0.237. The summed E-state index contributed by atoms with van der Waals surface area (Å²) in [7, 11) is 0. The van der Waals surface area contributed by atoms with E-state index in [2.05, 4.69) is 18.6 Å². The van der Waals surface area contributed by atoms with E-state index >= 15 is 0 Å². The van der Waals surface area contributed by atoms with Crippen LogP contribution in [0.25, 0.3) is 11.1 Å². The summed E-state index contributed by atoms with van der Waals surface area (Å²) in [6.45, 7) is 5.15. The smallest absolute Gasteiger partial charge is 0.449 e. The van der Waals surface area contributed by atoms with Crippen molar-refractivity contribution in [2.24, 2.45) is 5.92 Å². The molecule has 0 unspecified atom stereocenters. The van der Waals surface area contributed by atoms with Crippen molar-refractivity contribution in [3.63, 3.8) is 0 Å². The highest BCUT2D eigenvalue weighted by Gasteiger charge is 2.29. The second kappa shape index (κ2) is 11.9. The van der Waals surface area contributed by atoms with E-state index in [9.17, 15) is 4.79 Å². The summed E-state index contributed by atoms with van der Waals surface area (Å²) in [6, 6.07) is 15.1. The molecule has 1 fully saturated rings. The van der Waals surface area contributed by atoms with Crippen molar-refractivity contribution in [1.82, 2.24) is 0 Å². The summed E-state index contributed by atoms with van der Waals surface area (Å²) in [5, 5.41) is 8.68. The highest BCUT2D eigenvalue weighted by Crippen LogP contribution is 2.33. The quantitative estimate of drug-likeness (QED) is 0.247. The Balaban J connectivity index is 1.49. The molecular formula is C26H34O5. The first-order chi connectivity index (χ1) is 15.1. The van der Waals surface area contributed by atoms with Crippen LogP contribution in [0.4, 0.5) is 4.79 Å². The average molecular weight is 427 g/mol. The summed E-state index contributed by atoms with van der Waals surface area (Å²) in [4.78, 5) is 10.6. The topological polar surface area (TPSA) is 65.0 Å². The predicted octanol–water partition coefficient (Wildman–Crippen LogP) is 7.21. The number of carboxylic acid groups (broad SMARTS) is 1. The SMILES string of the molecule is CCCCCCCC[C@H]1CO[C@H](c2ccc(-c3ccc(OC(=O)O)cc3)cc2)O[C@@H]1C. The second-order valence-corrected chi connectivity index (χ2v) is 8.34. The van der Waals surface area contributed by atoms with Crippen LogP contribution in [0, 0.1) is 5.92 Å². The first kappa shape index (κ1) is 23.3. The van der Waals surface area contributed by atoms with Gasteiger partial charge in [0.25, 0.3) is 0 Å². The van der Waals surface area contributed by atoms with Gasteiger partial charge in [-0.2, -0.15) is 0 Å². The highest BCUT2D eigenvalue weighted by atomic mass is 16.7. The van der Waals surface area contributed by atoms with Crippen molar-refractivity contribution in [2.75, 3.05) is 6.61 Å². The summed E-state index contributed by atoms with van der Waals surface area (Å²) >= 11 is 0. The van der Waals surface area contributed by atoms with Crippen molar-refractivity contribution in [1.29, 1.82) is 0 Å². The Kier molecular flexibility index (Phi) is 8.92. The van der Waals surface area contributed by atoms with Crippen LogP contribution in [0.1, 0.15) is 70.6 Å². The van der Waals surface area contributed by atoms with E-state index < -0.39 is 6.16 Å². The van der Waals surface area contributed by atoms with Gasteiger partial charge < -0.3 is 19.3 Å². The van der Waals surface area contributed by atoms with E-state index in [1.54, 1.807) is 12.1 Å². The lowest BCUT2D eigenvalue weighted by Crippen LogP contribution is -2.34. The molecule has 0 radical (unpaired) electrons. The molecule has 3 atom stereocenters. The van der Waals surface area contributed by atoms with Crippen molar-refractivity contribution in [3.05, 3.63) is 54.1 Å². The lowest BCUT2D eigenvalue weighted by Gasteiger charge is -2.35. The zero-order valence-corrected chi connectivity index (χ0v) is 18.6. The number of unbranched alkanes of at least 4 members (excludes halogenated alkanes) is 5. The van der Waals surface area contributed by atoms with Gasteiger partial charge in [0.05, 0.1) is 12.7 Å². The highest BCUT2D eigenvalue weighted by molar-refractivity contribution is 5.66. The fraction of sp³-hybridized carbons (Fsp3) is 0.500. The molecule has 2 aromatic rings. The number of carbonyl (C=O) groups is 1. The number of hydrogen-bond donors (Lipinski definition) is 1. The molecular weight excluding hydrogens is 392 g/mol. The fourth-order valence-corrected chi connectivity index (χ4v) is 4.02. The normalized spacial score (nSPS) is 21.0. The van der Waals surface area contributed by atoms with Gasteiger partial charge in [-0.05, 0) is 36.6 Å². The van der Waals surface area contributed by atoms with Gasteiger partial charge in [-0.1, -0.05) is 81.8 Å². The molecule has 3 rings (SSSR count). The summed E-state index contributed by atoms with van der Waals surface area (Å²) < 4.78 is 16.9. The zero-order valence-electron chi connectivity index (χ0n) is 18.6. The Morgan fingerprint density at radius 1 is 0.968 bits per heavy atom. The zero-order chi connectivity index (χ0) is 22.1. The molecule has 1 heterocycles. The first-order valence-corrected chi connectivity index (χ1v) is 11.4. The van der Waals surface area contributed by atoms with Crippen LogP contribution < -0.4 is 4.74 Å². The Morgan fingerprint density at radius 2 is 1.58 bits per heavy atom. The summed E-state index contributed by atoms with van der Waals surface area (Å²) in [5.41, 5.74) is 3.04. The number of benzene rings is 2. The number of ether oxygens (including phenoxy) is 3. The third-order valence-corrected chi connectivity index (χ3v) is 5.97. The van der Waals surface area contributed by atoms with Crippen LogP contribution in [0.5, 0.6) is 5.75 Å². The minimum absolute atomic E-state index is 0.191. The summed E-state index contributed by atoms with van der Waals surface area (Å²) in [6.07, 6.45) is 7.59. The van der Waals surface area contributed by atoms with Gasteiger partial charge in [0, 0.05) is 11.5 Å². The average Bonchev–Trinajstić information content (AvgIpc) is 2.77. The van der Waals surface area contributed by atoms with Crippen LogP contribution in [0.2, 0.25) is 0 Å². The molecule has 5 nitrogen and oxygen atoms in total. The van der Waals surface area contributed by atoms with Gasteiger partial charge in [-0.15, -0.1) is 0 Å². The van der Waals surface area contributed by atoms with E-state index in [1.165, 1.54) is 44.9 Å². The molecule has 0 amide bonds.